The highest BCUT2D eigenvalue weighted by Gasteiger charge is 2.29. The summed E-state index contributed by atoms with van der Waals surface area (Å²) in [5.74, 6) is -0.691. The number of anilines is 12. The molecule has 0 atom stereocenters. The first-order chi connectivity index (χ1) is 44.5. The minimum Gasteiger partial charge on any atom is -0.454 e. The molecule has 8 heteroatoms. The van der Waals surface area contributed by atoms with E-state index in [2.05, 4.69) is 238 Å². The molecule has 0 amide bonds. The quantitative estimate of drug-likeness (QED) is 0.108. The molecule has 2 aromatic heterocycles. The Morgan fingerprint density at radius 1 is 0.211 bits per heavy atom. The molecule has 0 fully saturated rings. The standard InChI is InChI=1S/C82H54F2N4O2/c83-59-35-43-67(44-36-59)87(63-27-15-5-16-28-63)75-54-74-73(79-71-49-47-69(51-77(71)89-81(75)79)85(61-23-11-3-12-24-61)65-39-31-57(32-40-65)55-19-7-1-8-20-55)53-76(88(64-29-17-6-18-30-64)68-45-37-60(84)38-46-68)82-80(74)72-50-48-70(52-78(72)90-82)86(62-25-13-4-14-26-62)66-41-33-58(34-42-66)56-21-9-2-10-22-56/h1-54H. The van der Waals surface area contributed by atoms with Gasteiger partial charge in [0, 0.05) is 90.6 Å². The van der Waals surface area contributed by atoms with Crippen molar-refractivity contribution in [3.63, 3.8) is 0 Å². The van der Waals surface area contributed by atoms with Gasteiger partial charge in [0.15, 0.2) is 11.2 Å². The summed E-state index contributed by atoms with van der Waals surface area (Å²) in [6.45, 7) is 0. The summed E-state index contributed by atoms with van der Waals surface area (Å²) in [4.78, 5) is 8.79. The minimum absolute atomic E-state index is 0.345. The smallest absolute Gasteiger partial charge is 0.160 e. The first-order valence-corrected chi connectivity index (χ1v) is 30.0. The van der Waals surface area contributed by atoms with Crippen LogP contribution >= 0.6 is 0 Å². The largest absolute Gasteiger partial charge is 0.454 e. The predicted octanol–water partition coefficient (Wildman–Crippen LogP) is 24.1. The van der Waals surface area contributed by atoms with Crippen molar-refractivity contribution < 1.29 is 17.6 Å². The molecule has 0 aliphatic heterocycles. The van der Waals surface area contributed by atoms with Crippen LogP contribution in [0.15, 0.2) is 336 Å². The summed E-state index contributed by atoms with van der Waals surface area (Å²) >= 11 is 0. The number of rotatable bonds is 14. The average Bonchev–Trinajstić information content (AvgIpc) is 1.50. The molecule has 16 aromatic rings. The molecule has 0 bridgehead atoms. The number of fused-ring (bicyclic) bond motifs is 9. The highest BCUT2D eigenvalue weighted by Crippen LogP contribution is 2.53. The van der Waals surface area contributed by atoms with Crippen LogP contribution in [0.4, 0.5) is 77.0 Å². The molecule has 0 saturated carbocycles. The highest BCUT2D eigenvalue weighted by molar-refractivity contribution is 6.32. The Morgan fingerprint density at radius 3 is 0.800 bits per heavy atom. The van der Waals surface area contributed by atoms with Crippen LogP contribution in [0.3, 0.4) is 0 Å². The second kappa shape index (κ2) is 22.7. The molecule has 0 spiro atoms. The summed E-state index contributed by atoms with van der Waals surface area (Å²) in [6, 6.07) is 110. The molecule has 14 aromatic carbocycles. The molecule has 0 saturated heterocycles. The van der Waals surface area contributed by atoms with Gasteiger partial charge >= 0.3 is 0 Å². The van der Waals surface area contributed by atoms with Crippen molar-refractivity contribution in [3.05, 3.63) is 339 Å². The fourth-order valence-corrected chi connectivity index (χ4v) is 12.8. The van der Waals surface area contributed by atoms with E-state index in [0.717, 1.165) is 123 Å². The molecule has 0 N–H and O–H groups in total. The SMILES string of the molecule is Fc1ccc(N(c2ccccc2)c2cc3c(cc(N(c4ccccc4)c4ccc(F)cc4)c4oc5cc(N(c6ccccc6)c6ccc(-c7ccccc7)cc6)ccc5c43)c3c2oc2cc(N(c4ccccc4)c4ccc(-c5ccccc5)cc4)ccc23)cc1. The molecule has 16 rings (SSSR count). The molecule has 90 heavy (non-hydrogen) atoms. The first kappa shape index (κ1) is 53.5. The monoisotopic (exact) mass is 1160 g/mol. The fourth-order valence-electron chi connectivity index (χ4n) is 12.8. The zero-order valence-electron chi connectivity index (χ0n) is 48.5. The molecule has 0 radical (unpaired) electrons. The van der Waals surface area contributed by atoms with E-state index in [1.165, 1.54) is 24.3 Å². The lowest BCUT2D eigenvalue weighted by Crippen LogP contribution is -2.11. The van der Waals surface area contributed by atoms with Gasteiger partial charge in [-0.05, 0) is 191 Å². The lowest BCUT2D eigenvalue weighted by Gasteiger charge is -2.27. The number of nitrogens with zero attached hydrogens (tertiary/aromatic N) is 4. The van der Waals surface area contributed by atoms with Crippen molar-refractivity contribution in [2.45, 2.75) is 0 Å². The van der Waals surface area contributed by atoms with Gasteiger partial charge in [-0.15, -0.1) is 0 Å². The van der Waals surface area contributed by atoms with Gasteiger partial charge in [0.25, 0.3) is 0 Å². The number of benzene rings is 14. The Kier molecular flexibility index (Phi) is 13.5. The molecule has 2 heterocycles. The number of furan rings is 2. The average molecular weight is 1170 g/mol. The summed E-state index contributed by atoms with van der Waals surface area (Å²) in [7, 11) is 0. The topological polar surface area (TPSA) is 39.2 Å². The van der Waals surface area contributed by atoms with Crippen LogP contribution in [0.1, 0.15) is 0 Å². The van der Waals surface area contributed by atoms with Crippen molar-refractivity contribution in [3.8, 4) is 22.3 Å². The molecule has 6 nitrogen and oxygen atoms in total. The normalized spacial score (nSPS) is 11.4. The number of hydrogen-bond acceptors (Lipinski definition) is 6. The maximum atomic E-state index is 15.1. The van der Waals surface area contributed by atoms with E-state index >= 15 is 8.78 Å². The predicted molar refractivity (Wildman–Crippen MR) is 368 cm³/mol. The lowest BCUT2D eigenvalue weighted by molar-refractivity contribution is 0.627. The highest BCUT2D eigenvalue weighted by atomic mass is 19.1. The van der Waals surface area contributed by atoms with E-state index in [4.69, 9.17) is 8.83 Å². The Morgan fingerprint density at radius 2 is 0.467 bits per heavy atom. The van der Waals surface area contributed by atoms with Crippen LogP contribution < -0.4 is 19.6 Å². The van der Waals surface area contributed by atoms with Gasteiger partial charge in [-0.3, -0.25) is 0 Å². The van der Waals surface area contributed by atoms with Crippen molar-refractivity contribution in [1.82, 2.24) is 0 Å². The van der Waals surface area contributed by atoms with Gasteiger partial charge in [0.2, 0.25) is 0 Å². The van der Waals surface area contributed by atoms with Crippen LogP contribution in [0, 0.1) is 11.6 Å². The summed E-state index contributed by atoms with van der Waals surface area (Å²) in [5.41, 5.74) is 17.4. The van der Waals surface area contributed by atoms with Crippen molar-refractivity contribution >= 4 is 123 Å². The second-order valence-electron chi connectivity index (χ2n) is 22.3. The van der Waals surface area contributed by atoms with E-state index in [1.54, 1.807) is 0 Å². The Balaban J connectivity index is 0.986. The van der Waals surface area contributed by atoms with Crippen molar-refractivity contribution in [2.24, 2.45) is 0 Å². The molecule has 0 aliphatic rings. The van der Waals surface area contributed by atoms with E-state index in [1.807, 2.05) is 84.9 Å². The number of hydrogen-bond donors (Lipinski definition) is 0. The van der Waals surface area contributed by atoms with Crippen molar-refractivity contribution in [1.29, 1.82) is 0 Å². The van der Waals surface area contributed by atoms with Gasteiger partial charge in [-0.1, -0.05) is 158 Å². The van der Waals surface area contributed by atoms with Gasteiger partial charge in [-0.25, -0.2) is 8.78 Å². The number of para-hydroxylation sites is 4. The molecular weight excluding hydrogens is 1110 g/mol. The maximum Gasteiger partial charge on any atom is 0.160 e. The maximum absolute atomic E-state index is 15.1. The van der Waals surface area contributed by atoms with Crippen LogP contribution in [0.5, 0.6) is 0 Å². The zero-order chi connectivity index (χ0) is 60.1. The van der Waals surface area contributed by atoms with Crippen LogP contribution in [-0.4, -0.2) is 0 Å². The Hall–Kier alpha value is -12.0. The zero-order valence-corrected chi connectivity index (χ0v) is 48.5. The Bertz CT molecular complexity index is 4890. The molecule has 428 valence electrons. The van der Waals surface area contributed by atoms with E-state index < -0.39 is 0 Å². The van der Waals surface area contributed by atoms with E-state index in [0.29, 0.717) is 22.3 Å². The van der Waals surface area contributed by atoms with E-state index in [9.17, 15) is 0 Å². The van der Waals surface area contributed by atoms with Gasteiger partial charge < -0.3 is 28.4 Å². The molecule has 0 unspecified atom stereocenters. The third-order valence-corrected chi connectivity index (χ3v) is 16.9. The Labute approximate surface area is 518 Å². The summed E-state index contributed by atoms with van der Waals surface area (Å²) < 4.78 is 45.2. The molecule has 0 aliphatic carbocycles. The summed E-state index contributed by atoms with van der Waals surface area (Å²) in [6.07, 6.45) is 0. The fraction of sp³-hybridized carbons (Fsp3) is 0. The van der Waals surface area contributed by atoms with Gasteiger partial charge in [-0.2, -0.15) is 0 Å². The van der Waals surface area contributed by atoms with Crippen LogP contribution in [-0.2, 0) is 0 Å². The van der Waals surface area contributed by atoms with Gasteiger partial charge in [0.1, 0.15) is 22.8 Å². The summed E-state index contributed by atoms with van der Waals surface area (Å²) in [5, 5.41) is 5.27. The van der Waals surface area contributed by atoms with Crippen molar-refractivity contribution in [2.75, 3.05) is 19.6 Å². The lowest BCUT2D eigenvalue weighted by atomic mass is 9.96. The molecular formula is C82H54F2N4O2. The number of halogens is 2. The van der Waals surface area contributed by atoms with Crippen LogP contribution in [0.25, 0.3) is 76.9 Å². The minimum atomic E-state index is -0.345. The van der Waals surface area contributed by atoms with E-state index in [-0.39, 0.29) is 11.6 Å². The van der Waals surface area contributed by atoms with Gasteiger partial charge in [0.05, 0.1) is 11.4 Å². The second-order valence-corrected chi connectivity index (χ2v) is 22.3. The third kappa shape index (κ3) is 9.69. The van der Waals surface area contributed by atoms with Crippen LogP contribution in [0.2, 0.25) is 0 Å². The third-order valence-electron chi connectivity index (χ3n) is 16.9. The first-order valence-electron chi connectivity index (χ1n) is 30.0.